The molecule has 182 valence electrons. The predicted molar refractivity (Wildman–Crippen MR) is 129 cm³/mol. The molecule has 1 atom stereocenters. The lowest BCUT2D eigenvalue weighted by Crippen LogP contribution is -2.52. The maximum Gasteiger partial charge on any atom is 0.407 e. The van der Waals surface area contributed by atoms with Gasteiger partial charge in [0.05, 0.1) is 12.2 Å². The van der Waals surface area contributed by atoms with Crippen LogP contribution in [0.5, 0.6) is 0 Å². The lowest BCUT2D eigenvalue weighted by Gasteiger charge is -2.24. The highest BCUT2D eigenvalue weighted by atomic mass is 16.5. The minimum Gasteiger partial charge on any atom is -0.480 e. The topological polar surface area (TPSA) is 123 Å². The molecule has 0 saturated heterocycles. The van der Waals surface area contributed by atoms with E-state index in [-0.39, 0.29) is 31.2 Å². The van der Waals surface area contributed by atoms with Crippen LogP contribution in [-0.2, 0) is 23.1 Å². The van der Waals surface area contributed by atoms with Crippen molar-refractivity contribution in [2.75, 3.05) is 6.61 Å². The van der Waals surface area contributed by atoms with Crippen molar-refractivity contribution in [3.8, 4) is 11.1 Å². The molecule has 3 aromatic rings. The Balaban J connectivity index is 1.36. The third-order valence-corrected chi connectivity index (χ3v) is 6.49. The van der Waals surface area contributed by atoms with Gasteiger partial charge in [-0.15, -0.1) is 0 Å². The Labute approximate surface area is 203 Å². The van der Waals surface area contributed by atoms with E-state index in [4.69, 9.17) is 4.74 Å². The van der Waals surface area contributed by atoms with Crippen molar-refractivity contribution in [1.82, 2.24) is 20.4 Å². The number of rotatable bonds is 8. The van der Waals surface area contributed by atoms with Crippen LogP contribution in [0.25, 0.3) is 11.1 Å². The first-order valence-corrected chi connectivity index (χ1v) is 11.4. The third-order valence-electron chi connectivity index (χ3n) is 6.49. The van der Waals surface area contributed by atoms with E-state index in [0.29, 0.717) is 5.69 Å². The molecular formula is C26H28N4O5. The summed E-state index contributed by atoms with van der Waals surface area (Å²) in [6, 6.07) is 17.7. The van der Waals surface area contributed by atoms with E-state index in [1.54, 1.807) is 14.0 Å². The minimum absolute atomic E-state index is 0.0413. The van der Waals surface area contributed by atoms with E-state index in [1.165, 1.54) is 17.7 Å². The number of ether oxygens (including phenoxy) is 1. The number of fused-ring (bicyclic) bond motifs is 3. The van der Waals surface area contributed by atoms with Gasteiger partial charge in [-0.1, -0.05) is 55.5 Å². The van der Waals surface area contributed by atoms with E-state index in [0.717, 1.165) is 22.3 Å². The summed E-state index contributed by atoms with van der Waals surface area (Å²) >= 11 is 0. The summed E-state index contributed by atoms with van der Waals surface area (Å²) in [5.41, 5.74) is 3.80. The van der Waals surface area contributed by atoms with Crippen molar-refractivity contribution >= 4 is 18.0 Å². The molecule has 0 saturated carbocycles. The number of carboxylic acid groups (broad SMARTS) is 1. The Bertz CT molecular complexity index is 1240. The predicted octanol–water partition coefficient (Wildman–Crippen LogP) is 3.44. The number of benzene rings is 2. The van der Waals surface area contributed by atoms with Gasteiger partial charge < -0.3 is 20.5 Å². The number of alkyl carbamates (subject to hydrolysis) is 1. The Hall–Kier alpha value is -4.14. The minimum atomic E-state index is -1.39. The first-order valence-electron chi connectivity index (χ1n) is 11.4. The lowest BCUT2D eigenvalue weighted by atomic mass is 9.98. The number of aliphatic carboxylic acids is 1. The first-order chi connectivity index (χ1) is 16.7. The van der Waals surface area contributed by atoms with Crippen LogP contribution in [0.15, 0.2) is 54.6 Å². The van der Waals surface area contributed by atoms with Gasteiger partial charge in [0.1, 0.15) is 17.8 Å². The zero-order chi connectivity index (χ0) is 25.2. The second kappa shape index (κ2) is 9.61. The fourth-order valence-electron chi connectivity index (χ4n) is 4.25. The molecule has 9 nitrogen and oxygen atoms in total. The monoisotopic (exact) mass is 476 g/mol. The number of carboxylic acids is 1. The Kier molecular flexibility index (Phi) is 6.59. The molecule has 0 fully saturated rings. The molecule has 2 amide bonds. The average Bonchev–Trinajstić information content (AvgIpc) is 3.38. The maximum atomic E-state index is 12.6. The second-order valence-corrected chi connectivity index (χ2v) is 8.77. The van der Waals surface area contributed by atoms with Gasteiger partial charge in [0.15, 0.2) is 0 Å². The molecule has 0 aliphatic heterocycles. The molecule has 1 aromatic heterocycles. The van der Waals surface area contributed by atoms with E-state index >= 15 is 0 Å². The van der Waals surface area contributed by atoms with E-state index < -0.39 is 23.5 Å². The third kappa shape index (κ3) is 4.75. The fourth-order valence-corrected chi connectivity index (χ4v) is 4.25. The normalized spacial score (nSPS) is 13.9. The van der Waals surface area contributed by atoms with Crippen LogP contribution in [0.1, 0.15) is 53.5 Å². The van der Waals surface area contributed by atoms with Crippen LogP contribution in [0.4, 0.5) is 4.79 Å². The SMILES string of the molecule is CCC(C)(NC(=O)c1cc(CNC(=O)OCC2c3ccccc3-c3ccccc32)nn1C)C(=O)O. The molecule has 4 rings (SSSR count). The number of aryl methyl sites for hydroxylation is 1. The van der Waals surface area contributed by atoms with E-state index in [1.807, 2.05) is 24.3 Å². The number of nitrogens with one attached hydrogen (secondary N) is 2. The van der Waals surface area contributed by atoms with Crippen LogP contribution < -0.4 is 10.6 Å². The maximum absolute atomic E-state index is 12.6. The number of nitrogens with zero attached hydrogens (tertiary/aromatic N) is 2. The summed E-state index contributed by atoms with van der Waals surface area (Å²) in [6.45, 7) is 3.38. The molecule has 0 radical (unpaired) electrons. The fraction of sp³-hybridized carbons (Fsp3) is 0.308. The van der Waals surface area contributed by atoms with Crippen molar-refractivity contribution in [3.05, 3.63) is 77.1 Å². The van der Waals surface area contributed by atoms with Crippen molar-refractivity contribution in [2.45, 2.75) is 38.3 Å². The van der Waals surface area contributed by atoms with E-state index in [9.17, 15) is 19.5 Å². The zero-order valence-corrected chi connectivity index (χ0v) is 19.9. The molecule has 1 aliphatic carbocycles. The molecule has 3 N–H and O–H groups in total. The molecule has 35 heavy (non-hydrogen) atoms. The molecule has 2 aromatic carbocycles. The van der Waals surface area contributed by atoms with Crippen LogP contribution in [0, 0.1) is 0 Å². The first kappa shape index (κ1) is 24.0. The largest absolute Gasteiger partial charge is 0.480 e. The molecular weight excluding hydrogens is 448 g/mol. The second-order valence-electron chi connectivity index (χ2n) is 8.77. The van der Waals surface area contributed by atoms with Crippen LogP contribution in [-0.4, -0.2) is 45.0 Å². The quantitative estimate of drug-likeness (QED) is 0.458. The summed E-state index contributed by atoms with van der Waals surface area (Å²) in [7, 11) is 1.58. The highest BCUT2D eigenvalue weighted by Crippen LogP contribution is 2.44. The summed E-state index contributed by atoms with van der Waals surface area (Å²) in [5, 5.41) is 18.8. The average molecular weight is 477 g/mol. The van der Waals surface area contributed by atoms with Crippen molar-refractivity contribution < 1.29 is 24.2 Å². The van der Waals surface area contributed by atoms with Gasteiger partial charge in [-0.05, 0) is 41.7 Å². The van der Waals surface area contributed by atoms with Crippen LogP contribution in [0.2, 0.25) is 0 Å². The highest BCUT2D eigenvalue weighted by molar-refractivity contribution is 5.96. The number of amides is 2. The Morgan fingerprint density at radius 2 is 1.69 bits per heavy atom. The van der Waals surface area contributed by atoms with Crippen molar-refractivity contribution in [2.24, 2.45) is 7.05 Å². The van der Waals surface area contributed by atoms with Gasteiger partial charge in [-0.3, -0.25) is 9.48 Å². The highest BCUT2D eigenvalue weighted by Gasteiger charge is 2.34. The number of aromatic nitrogens is 2. The number of hydrogen-bond acceptors (Lipinski definition) is 5. The number of carbonyl (C=O) groups excluding carboxylic acids is 2. The standard InChI is InChI=1S/C26H28N4O5/c1-4-26(2,24(32)33)28-23(31)22-13-16(29-30(22)3)14-27-25(34)35-15-21-19-11-7-5-9-17(19)18-10-6-8-12-20(18)21/h5-13,21H,4,14-15H2,1-3H3,(H,27,34)(H,28,31)(H,32,33). The van der Waals surface area contributed by atoms with Gasteiger partial charge in [-0.2, -0.15) is 5.10 Å². The summed E-state index contributed by atoms with van der Waals surface area (Å²) < 4.78 is 6.87. The van der Waals surface area contributed by atoms with Crippen molar-refractivity contribution in [3.63, 3.8) is 0 Å². The number of hydrogen-bond donors (Lipinski definition) is 3. The van der Waals surface area contributed by atoms with Crippen LogP contribution in [0.3, 0.4) is 0 Å². The molecule has 9 heteroatoms. The Morgan fingerprint density at radius 1 is 1.09 bits per heavy atom. The van der Waals surface area contributed by atoms with E-state index in [2.05, 4.69) is 40.0 Å². The van der Waals surface area contributed by atoms with Gasteiger partial charge >= 0.3 is 12.1 Å². The summed E-state index contributed by atoms with van der Waals surface area (Å²) in [6.07, 6.45) is -0.366. The number of carbonyl (C=O) groups is 3. The van der Waals surface area contributed by atoms with Crippen LogP contribution >= 0.6 is 0 Å². The van der Waals surface area contributed by atoms with Crippen molar-refractivity contribution in [1.29, 1.82) is 0 Å². The molecule has 1 heterocycles. The molecule has 0 bridgehead atoms. The summed E-state index contributed by atoms with van der Waals surface area (Å²) in [5.74, 6) is -1.72. The summed E-state index contributed by atoms with van der Waals surface area (Å²) in [4.78, 5) is 36.5. The molecule has 1 unspecified atom stereocenters. The van der Waals surface area contributed by atoms with Gasteiger partial charge in [0.25, 0.3) is 5.91 Å². The molecule has 0 spiro atoms. The van der Waals surface area contributed by atoms with Gasteiger partial charge in [-0.25, -0.2) is 9.59 Å². The molecule has 1 aliphatic rings. The zero-order valence-electron chi connectivity index (χ0n) is 19.9. The lowest BCUT2D eigenvalue weighted by molar-refractivity contribution is -0.143. The smallest absolute Gasteiger partial charge is 0.407 e. The Morgan fingerprint density at radius 3 is 2.26 bits per heavy atom. The van der Waals surface area contributed by atoms with Gasteiger partial charge in [0.2, 0.25) is 0 Å². The van der Waals surface area contributed by atoms with Gasteiger partial charge in [0, 0.05) is 13.0 Å².